The first kappa shape index (κ1) is 24.6. The predicted molar refractivity (Wildman–Crippen MR) is 132 cm³/mol. The van der Waals surface area contributed by atoms with Crippen molar-refractivity contribution >= 4 is 28.5 Å². The summed E-state index contributed by atoms with van der Waals surface area (Å²) in [6.07, 6.45) is -0.358. The van der Waals surface area contributed by atoms with Gasteiger partial charge in [0.2, 0.25) is 0 Å². The molecule has 9 nitrogen and oxygen atoms in total. The van der Waals surface area contributed by atoms with Gasteiger partial charge in [-0.2, -0.15) is 0 Å². The number of carbonyl (C=O) groups excluding carboxylic acids is 2. The van der Waals surface area contributed by atoms with Crippen LogP contribution >= 0.6 is 11.3 Å². The van der Waals surface area contributed by atoms with E-state index in [1.54, 1.807) is 36.3 Å². The highest BCUT2D eigenvalue weighted by atomic mass is 32.1. The highest BCUT2D eigenvalue weighted by Crippen LogP contribution is 2.27. The van der Waals surface area contributed by atoms with Crippen LogP contribution in [0.25, 0.3) is 11.3 Å². The van der Waals surface area contributed by atoms with Crippen LogP contribution in [0.1, 0.15) is 15.9 Å². The lowest BCUT2D eigenvalue weighted by atomic mass is 10.1. The molecule has 0 spiro atoms. The number of carbonyl (C=O) groups is 2. The minimum Gasteiger partial charge on any atom is -0.491 e. The fourth-order valence-corrected chi connectivity index (χ4v) is 4.05. The summed E-state index contributed by atoms with van der Waals surface area (Å²) in [6, 6.07) is 14.5. The molecule has 0 saturated carbocycles. The maximum absolute atomic E-state index is 12.6. The molecule has 1 aliphatic rings. The largest absolute Gasteiger partial charge is 0.491 e. The molecule has 0 radical (unpaired) electrons. The highest BCUT2D eigenvalue weighted by Gasteiger charge is 2.18. The fraction of sp³-hybridized carbons (Fsp3) is 0.320. The van der Waals surface area contributed by atoms with Crippen molar-refractivity contribution in [3.8, 4) is 17.0 Å². The molecule has 1 aliphatic heterocycles. The van der Waals surface area contributed by atoms with Crippen LogP contribution in [0.15, 0.2) is 53.9 Å². The quantitative estimate of drug-likeness (QED) is 0.445. The number of anilines is 1. The van der Waals surface area contributed by atoms with Crippen LogP contribution in [-0.4, -0.2) is 68.5 Å². The number of morpholine rings is 1. The Labute approximate surface area is 207 Å². The lowest BCUT2D eigenvalue weighted by Crippen LogP contribution is -2.40. The van der Waals surface area contributed by atoms with E-state index >= 15 is 0 Å². The van der Waals surface area contributed by atoms with Crippen LogP contribution in [-0.2, 0) is 20.8 Å². The van der Waals surface area contributed by atoms with Crippen molar-refractivity contribution < 1.29 is 28.5 Å². The molecule has 1 aromatic heterocycles. The monoisotopic (exact) mass is 497 g/mol. The van der Waals surface area contributed by atoms with E-state index in [9.17, 15) is 9.59 Å². The third-order valence-corrected chi connectivity index (χ3v) is 6.04. The molecule has 1 saturated heterocycles. The molecule has 2 aromatic carbocycles. The SMILES string of the molecule is COCCOc1ccc(-c2csc(NC(=O)c3ccc(COC(=O)N4CCOCC4)cc3)n2)cc1. The van der Waals surface area contributed by atoms with Crippen LogP contribution in [0.4, 0.5) is 9.93 Å². The summed E-state index contributed by atoms with van der Waals surface area (Å²) in [5.74, 6) is 0.499. The number of nitrogens with zero attached hydrogens (tertiary/aromatic N) is 2. The van der Waals surface area contributed by atoms with Gasteiger partial charge in [0, 0.05) is 36.7 Å². The first-order chi connectivity index (χ1) is 17.1. The van der Waals surface area contributed by atoms with Gasteiger partial charge in [-0.15, -0.1) is 11.3 Å². The summed E-state index contributed by atoms with van der Waals surface area (Å²) in [5.41, 5.74) is 2.99. The predicted octanol–water partition coefficient (Wildman–Crippen LogP) is 4.06. The standard InChI is InChI=1S/C25H27N3O6S/c1-31-14-15-33-21-8-6-19(7-9-21)22-17-35-24(26-22)27-23(29)20-4-2-18(3-5-20)16-34-25(30)28-10-12-32-13-11-28/h2-9,17H,10-16H2,1H3,(H,26,27,29). The van der Waals surface area contributed by atoms with E-state index in [-0.39, 0.29) is 18.6 Å². The van der Waals surface area contributed by atoms with Crippen LogP contribution in [0.2, 0.25) is 0 Å². The van der Waals surface area contributed by atoms with Gasteiger partial charge in [0.05, 0.1) is 25.5 Å². The van der Waals surface area contributed by atoms with Crippen LogP contribution in [0, 0.1) is 0 Å². The van der Waals surface area contributed by atoms with Crippen LogP contribution < -0.4 is 10.1 Å². The topological polar surface area (TPSA) is 99.2 Å². The zero-order valence-corrected chi connectivity index (χ0v) is 20.2. The maximum Gasteiger partial charge on any atom is 0.410 e. The lowest BCUT2D eigenvalue weighted by Gasteiger charge is -2.25. The normalized spacial score (nSPS) is 13.3. The van der Waals surface area contributed by atoms with Gasteiger partial charge in [0.25, 0.3) is 5.91 Å². The number of amides is 2. The van der Waals surface area contributed by atoms with E-state index < -0.39 is 0 Å². The Morgan fingerprint density at radius 3 is 2.51 bits per heavy atom. The molecule has 0 unspecified atom stereocenters. The van der Waals surface area contributed by atoms with E-state index in [1.807, 2.05) is 29.6 Å². The number of methoxy groups -OCH3 is 1. The van der Waals surface area contributed by atoms with Crippen LogP contribution in [0.3, 0.4) is 0 Å². The Morgan fingerprint density at radius 1 is 1.06 bits per heavy atom. The summed E-state index contributed by atoms with van der Waals surface area (Å²) in [4.78, 5) is 30.9. The second kappa shape index (κ2) is 12.3. The second-order valence-corrected chi connectivity index (χ2v) is 8.57. The number of benzene rings is 2. The van der Waals surface area contributed by atoms with Crippen molar-refractivity contribution in [1.29, 1.82) is 0 Å². The van der Waals surface area contributed by atoms with Crippen molar-refractivity contribution in [2.75, 3.05) is 51.9 Å². The number of ether oxygens (including phenoxy) is 4. The van der Waals surface area contributed by atoms with E-state index in [0.717, 1.165) is 22.6 Å². The summed E-state index contributed by atoms with van der Waals surface area (Å²) < 4.78 is 21.1. The molecule has 2 amide bonds. The van der Waals surface area contributed by atoms with Gasteiger partial charge in [-0.05, 0) is 42.0 Å². The van der Waals surface area contributed by atoms with Gasteiger partial charge in [0.15, 0.2) is 5.13 Å². The third kappa shape index (κ3) is 7.01. The number of hydrogen-bond acceptors (Lipinski definition) is 8. The minimum atomic E-state index is -0.358. The van der Waals surface area contributed by atoms with Gasteiger partial charge in [-0.1, -0.05) is 12.1 Å². The molecule has 184 valence electrons. The van der Waals surface area contributed by atoms with Crippen molar-refractivity contribution in [1.82, 2.24) is 9.88 Å². The van der Waals surface area contributed by atoms with Gasteiger partial charge in [-0.25, -0.2) is 9.78 Å². The fourth-order valence-electron chi connectivity index (χ4n) is 3.33. The smallest absolute Gasteiger partial charge is 0.410 e. The number of rotatable bonds is 9. The summed E-state index contributed by atoms with van der Waals surface area (Å²) in [7, 11) is 1.63. The lowest BCUT2D eigenvalue weighted by molar-refractivity contribution is 0.0249. The Kier molecular flexibility index (Phi) is 8.66. The van der Waals surface area contributed by atoms with E-state index in [4.69, 9.17) is 18.9 Å². The van der Waals surface area contributed by atoms with Gasteiger partial charge >= 0.3 is 6.09 Å². The summed E-state index contributed by atoms with van der Waals surface area (Å²) in [5, 5.41) is 5.23. The van der Waals surface area contributed by atoms with Gasteiger partial charge in [-0.3, -0.25) is 10.1 Å². The van der Waals surface area contributed by atoms with Crippen molar-refractivity contribution in [3.05, 3.63) is 65.0 Å². The zero-order valence-electron chi connectivity index (χ0n) is 19.4. The molecule has 1 N–H and O–H groups in total. The first-order valence-electron chi connectivity index (χ1n) is 11.2. The average molecular weight is 498 g/mol. The number of aromatic nitrogens is 1. The number of hydrogen-bond donors (Lipinski definition) is 1. The summed E-state index contributed by atoms with van der Waals surface area (Å²) >= 11 is 1.35. The molecule has 0 aliphatic carbocycles. The number of thiazole rings is 1. The minimum absolute atomic E-state index is 0.143. The molecular formula is C25H27N3O6S. The molecule has 1 fully saturated rings. The van der Waals surface area contributed by atoms with Gasteiger partial charge in [0.1, 0.15) is 19.0 Å². The van der Waals surface area contributed by atoms with Crippen molar-refractivity contribution in [3.63, 3.8) is 0 Å². The summed E-state index contributed by atoms with van der Waals surface area (Å²) in [6.45, 7) is 3.28. The molecule has 0 atom stereocenters. The molecule has 35 heavy (non-hydrogen) atoms. The molecule has 3 aromatic rings. The van der Waals surface area contributed by atoms with Crippen molar-refractivity contribution in [2.45, 2.75) is 6.61 Å². The molecule has 0 bridgehead atoms. The van der Waals surface area contributed by atoms with Crippen molar-refractivity contribution in [2.24, 2.45) is 0 Å². The number of nitrogens with one attached hydrogen (secondary N) is 1. The average Bonchev–Trinajstić information content (AvgIpc) is 3.37. The van der Waals surface area contributed by atoms with E-state index in [2.05, 4.69) is 10.3 Å². The van der Waals surface area contributed by atoms with Gasteiger partial charge < -0.3 is 23.8 Å². The second-order valence-electron chi connectivity index (χ2n) is 7.71. The molecule has 2 heterocycles. The first-order valence-corrected chi connectivity index (χ1v) is 12.1. The zero-order chi connectivity index (χ0) is 24.5. The Hall–Kier alpha value is -3.47. The molecular weight excluding hydrogens is 470 g/mol. The Morgan fingerprint density at radius 2 is 1.80 bits per heavy atom. The van der Waals surface area contributed by atoms with E-state index in [0.29, 0.717) is 50.2 Å². The molecule has 4 rings (SSSR count). The Bertz CT molecular complexity index is 1110. The van der Waals surface area contributed by atoms with Crippen LogP contribution in [0.5, 0.6) is 5.75 Å². The Balaban J connectivity index is 1.27. The third-order valence-electron chi connectivity index (χ3n) is 5.28. The maximum atomic E-state index is 12.6. The molecule has 10 heteroatoms. The highest BCUT2D eigenvalue weighted by molar-refractivity contribution is 7.14. The van der Waals surface area contributed by atoms with E-state index in [1.165, 1.54) is 11.3 Å².